The van der Waals surface area contributed by atoms with Gasteiger partial charge in [0.15, 0.2) is 5.96 Å². The van der Waals surface area contributed by atoms with Crippen LogP contribution in [0.25, 0.3) is 0 Å². The van der Waals surface area contributed by atoms with E-state index in [1.54, 1.807) is 6.33 Å². The molecule has 2 N–H and O–H groups in total. The molecule has 0 spiro atoms. The molecular weight excluding hydrogens is 457 g/mol. The van der Waals surface area contributed by atoms with Crippen LogP contribution >= 0.6 is 24.0 Å². The van der Waals surface area contributed by atoms with Crippen molar-refractivity contribution in [2.24, 2.45) is 4.99 Å². The number of aromatic nitrogens is 3. The lowest BCUT2D eigenvalue weighted by atomic mass is 9.96. The summed E-state index contributed by atoms with van der Waals surface area (Å²) in [5.74, 6) is 2.53. The standard InChI is InChI=1S/C18H33N7O.HI/c1-4-19-18(20-11-14(2)25-9-10-26-12-15(25)3)24-7-5-16(6-8-24)17-21-13-22-23-17;/h13-16H,4-12H2,1-3H3,(H,19,20)(H,21,22,23);1H. The third-order valence-electron chi connectivity index (χ3n) is 5.44. The van der Waals surface area contributed by atoms with Crippen molar-refractivity contribution < 1.29 is 4.74 Å². The van der Waals surface area contributed by atoms with Crippen LogP contribution in [-0.4, -0.2) is 89.0 Å². The molecule has 2 atom stereocenters. The fraction of sp³-hybridized carbons (Fsp3) is 0.833. The Hall–Kier alpha value is -0.940. The summed E-state index contributed by atoms with van der Waals surface area (Å²) in [4.78, 5) is 14.2. The molecule has 9 heteroatoms. The number of hydrogen-bond donors (Lipinski definition) is 2. The highest BCUT2D eigenvalue weighted by atomic mass is 127. The van der Waals surface area contributed by atoms with E-state index in [0.717, 1.165) is 70.6 Å². The maximum absolute atomic E-state index is 5.55. The molecule has 0 aromatic carbocycles. The van der Waals surface area contributed by atoms with E-state index in [1.165, 1.54) is 0 Å². The first-order chi connectivity index (χ1) is 12.7. The number of aliphatic imine (C=N–C) groups is 1. The van der Waals surface area contributed by atoms with Crippen molar-refractivity contribution in [1.82, 2.24) is 30.3 Å². The second kappa shape index (κ2) is 11.2. The molecule has 1 aromatic rings. The van der Waals surface area contributed by atoms with Gasteiger partial charge in [-0.2, -0.15) is 5.10 Å². The minimum atomic E-state index is 0. The van der Waals surface area contributed by atoms with E-state index >= 15 is 0 Å². The molecule has 2 aliphatic heterocycles. The number of guanidine groups is 1. The lowest BCUT2D eigenvalue weighted by Gasteiger charge is -2.38. The van der Waals surface area contributed by atoms with E-state index in [0.29, 0.717) is 18.0 Å². The number of aromatic amines is 1. The summed E-state index contributed by atoms with van der Waals surface area (Å²) in [5.41, 5.74) is 0. The van der Waals surface area contributed by atoms with Crippen molar-refractivity contribution in [2.75, 3.05) is 45.9 Å². The minimum Gasteiger partial charge on any atom is -0.379 e. The molecule has 8 nitrogen and oxygen atoms in total. The second-order valence-corrected chi connectivity index (χ2v) is 7.34. The van der Waals surface area contributed by atoms with E-state index in [9.17, 15) is 0 Å². The van der Waals surface area contributed by atoms with Crippen LogP contribution in [0, 0.1) is 0 Å². The van der Waals surface area contributed by atoms with Crippen LogP contribution in [0.5, 0.6) is 0 Å². The van der Waals surface area contributed by atoms with E-state index in [-0.39, 0.29) is 24.0 Å². The molecule has 2 fully saturated rings. The Morgan fingerprint density at radius 3 is 2.81 bits per heavy atom. The van der Waals surface area contributed by atoms with Crippen LogP contribution in [0.15, 0.2) is 11.3 Å². The number of rotatable bonds is 5. The van der Waals surface area contributed by atoms with Crippen LogP contribution in [0.1, 0.15) is 45.4 Å². The van der Waals surface area contributed by atoms with E-state index in [4.69, 9.17) is 9.73 Å². The number of likely N-dealkylation sites (tertiary alicyclic amines) is 1. The van der Waals surface area contributed by atoms with E-state index in [2.05, 4.69) is 51.1 Å². The van der Waals surface area contributed by atoms with Gasteiger partial charge in [-0.25, -0.2) is 4.98 Å². The van der Waals surface area contributed by atoms with Gasteiger partial charge >= 0.3 is 0 Å². The number of ether oxygens (including phenoxy) is 1. The summed E-state index contributed by atoms with van der Waals surface area (Å²) in [5, 5.41) is 10.5. The summed E-state index contributed by atoms with van der Waals surface area (Å²) in [6.45, 7) is 13.0. The van der Waals surface area contributed by atoms with Crippen molar-refractivity contribution in [3.05, 3.63) is 12.2 Å². The van der Waals surface area contributed by atoms with Gasteiger partial charge in [0, 0.05) is 44.2 Å². The molecule has 0 radical (unpaired) electrons. The predicted octanol–water partition coefficient (Wildman–Crippen LogP) is 1.68. The smallest absolute Gasteiger partial charge is 0.193 e. The van der Waals surface area contributed by atoms with Gasteiger partial charge < -0.3 is 15.0 Å². The summed E-state index contributed by atoms with van der Waals surface area (Å²) < 4.78 is 5.55. The number of halogens is 1. The highest BCUT2D eigenvalue weighted by Gasteiger charge is 2.26. The zero-order valence-corrected chi connectivity index (χ0v) is 19.1. The maximum atomic E-state index is 5.55. The average Bonchev–Trinajstić information content (AvgIpc) is 3.20. The fourth-order valence-electron chi connectivity index (χ4n) is 3.92. The van der Waals surface area contributed by atoms with Gasteiger partial charge in [0.05, 0.1) is 19.8 Å². The normalized spacial score (nSPS) is 23.7. The Morgan fingerprint density at radius 2 is 2.19 bits per heavy atom. The van der Waals surface area contributed by atoms with Gasteiger partial charge in [0.1, 0.15) is 12.2 Å². The first kappa shape index (κ1) is 22.4. The molecule has 2 aliphatic rings. The molecule has 2 saturated heterocycles. The zero-order chi connectivity index (χ0) is 18.4. The van der Waals surface area contributed by atoms with Crippen LogP contribution < -0.4 is 5.32 Å². The largest absolute Gasteiger partial charge is 0.379 e. The van der Waals surface area contributed by atoms with Gasteiger partial charge in [-0.1, -0.05) is 0 Å². The molecule has 3 rings (SSSR count). The molecule has 0 bridgehead atoms. The summed E-state index contributed by atoms with van der Waals surface area (Å²) in [7, 11) is 0. The molecule has 1 aromatic heterocycles. The van der Waals surface area contributed by atoms with Crippen molar-refractivity contribution in [3.63, 3.8) is 0 Å². The lowest BCUT2D eigenvalue weighted by Crippen LogP contribution is -2.50. The summed E-state index contributed by atoms with van der Waals surface area (Å²) in [6, 6.07) is 0.892. The Labute approximate surface area is 179 Å². The van der Waals surface area contributed by atoms with Gasteiger partial charge in [0.25, 0.3) is 0 Å². The highest BCUT2D eigenvalue weighted by Crippen LogP contribution is 2.25. The minimum absolute atomic E-state index is 0. The maximum Gasteiger partial charge on any atom is 0.193 e. The van der Waals surface area contributed by atoms with Crippen LogP contribution in [0.2, 0.25) is 0 Å². The molecular formula is C18H34IN7O. The number of piperidine rings is 1. The molecule has 3 heterocycles. The van der Waals surface area contributed by atoms with Crippen LogP contribution in [-0.2, 0) is 4.74 Å². The monoisotopic (exact) mass is 491 g/mol. The number of morpholine rings is 1. The summed E-state index contributed by atoms with van der Waals surface area (Å²) in [6.07, 6.45) is 3.76. The third kappa shape index (κ3) is 6.02. The zero-order valence-electron chi connectivity index (χ0n) is 16.7. The second-order valence-electron chi connectivity index (χ2n) is 7.34. The lowest BCUT2D eigenvalue weighted by molar-refractivity contribution is -0.0166. The van der Waals surface area contributed by atoms with Crippen LogP contribution in [0.3, 0.4) is 0 Å². The third-order valence-corrected chi connectivity index (χ3v) is 5.44. The van der Waals surface area contributed by atoms with Crippen molar-refractivity contribution in [1.29, 1.82) is 0 Å². The first-order valence-electron chi connectivity index (χ1n) is 9.91. The Balaban J connectivity index is 0.00000261. The molecule has 2 unspecified atom stereocenters. The first-order valence-corrected chi connectivity index (χ1v) is 9.91. The number of hydrogen-bond acceptors (Lipinski definition) is 5. The van der Waals surface area contributed by atoms with Crippen molar-refractivity contribution in [2.45, 2.75) is 51.6 Å². The quantitative estimate of drug-likeness (QED) is 0.371. The topological polar surface area (TPSA) is 81.7 Å². The van der Waals surface area contributed by atoms with Crippen molar-refractivity contribution in [3.8, 4) is 0 Å². The number of H-pyrrole nitrogens is 1. The van der Waals surface area contributed by atoms with Gasteiger partial charge in [-0.15, -0.1) is 24.0 Å². The SMILES string of the molecule is CCNC(=NCC(C)N1CCOCC1C)N1CCC(c2ncn[nH]2)CC1.I. The molecule has 27 heavy (non-hydrogen) atoms. The Morgan fingerprint density at radius 1 is 1.41 bits per heavy atom. The average molecular weight is 491 g/mol. The highest BCUT2D eigenvalue weighted by molar-refractivity contribution is 14.0. The van der Waals surface area contributed by atoms with Gasteiger partial charge in [0.2, 0.25) is 0 Å². The predicted molar refractivity (Wildman–Crippen MR) is 118 cm³/mol. The van der Waals surface area contributed by atoms with E-state index in [1.807, 2.05) is 0 Å². The molecule has 154 valence electrons. The fourth-order valence-corrected chi connectivity index (χ4v) is 3.92. The van der Waals surface area contributed by atoms with Crippen LogP contribution in [0.4, 0.5) is 0 Å². The Bertz CT molecular complexity index is 560. The number of nitrogens with one attached hydrogen (secondary N) is 2. The summed E-state index contributed by atoms with van der Waals surface area (Å²) >= 11 is 0. The van der Waals surface area contributed by atoms with Crippen molar-refractivity contribution >= 4 is 29.9 Å². The number of nitrogens with zero attached hydrogens (tertiary/aromatic N) is 5. The van der Waals surface area contributed by atoms with E-state index < -0.39 is 0 Å². The molecule has 0 saturated carbocycles. The molecule has 0 amide bonds. The van der Waals surface area contributed by atoms with Gasteiger partial charge in [-0.3, -0.25) is 15.0 Å². The van der Waals surface area contributed by atoms with Gasteiger partial charge in [-0.05, 0) is 33.6 Å². The molecule has 0 aliphatic carbocycles. The Kier molecular flexibility index (Phi) is 9.24.